The molecular formula is C20H20O4. The molecule has 8 aliphatic carbocycles. The molecule has 0 unspecified atom stereocenters. The number of esters is 2. The average molecular weight is 324 g/mol. The molecule has 0 amide bonds. The molecule has 0 aromatic carbocycles. The number of carbonyl (C=O) groups excluding carboxylic acids is 2. The van der Waals surface area contributed by atoms with Gasteiger partial charge in [0.15, 0.2) is 0 Å². The molecule has 8 saturated carbocycles. The van der Waals surface area contributed by atoms with Crippen LogP contribution in [0.25, 0.3) is 0 Å². The Morgan fingerprint density at radius 3 is 1.54 bits per heavy atom. The summed E-state index contributed by atoms with van der Waals surface area (Å²) in [5.74, 6) is 5.71. The molecule has 10 fully saturated rings. The monoisotopic (exact) mass is 324 g/mol. The topological polar surface area (TPSA) is 52.6 Å². The van der Waals surface area contributed by atoms with Gasteiger partial charge in [-0.2, -0.15) is 0 Å². The van der Waals surface area contributed by atoms with Gasteiger partial charge in [-0.25, -0.2) is 0 Å². The van der Waals surface area contributed by atoms with Gasteiger partial charge in [0.25, 0.3) is 0 Å². The summed E-state index contributed by atoms with van der Waals surface area (Å²) in [6.45, 7) is 0. The summed E-state index contributed by atoms with van der Waals surface area (Å²) >= 11 is 0. The van der Waals surface area contributed by atoms with Crippen LogP contribution >= 0.6 is 0 Å². The van der Waals surface area contributed by atoms with Gasteiger partial charge >= 0.3 is 11.9 Å². The molecule has 4 nitrogen and oxygen atoms in total. The van der Waals surface area contributed by atoms with Crippen LogP contribution < -0.4 is 0 Å². The third kappa shape index (κ3) is 0.641. The Balaban J connectivity index is 1.45. The molecule has 2 heterocycles. The van der Waals surface area contributed by atoms with Gasteiger partial charge in [-0.1, -0.05) is 0 Å². The second-order valence-corrected chi connectivity index (χ2v) is 10.5. The molecule has 2 saturated heterocycles. The summed E-state index contributed by atoms with van der Waals surface area (Å²) in [4.78, 5) is 27.0. The summed E-state index contributed by atoms with van der Waals surface area (Å²) in [7, 11) is 0. The number of hydrogen-bond donors (Lipinski definition) is 0. The van der Waals surface area contributed by atoms with E-state index in [1.165, 1.54) is 12.8 Å². The van der Waals surface area contributed by atoms with Crippen LogP contribution in [-0.4, -0.2) is 24.1 Å². The van der Waals surface area contributed by atoms with Crippen LogP contribution in [0.1, 0.15) is 25.7 Å². The van der Waals surface area contributed by atoms with Crippen LogP contribution in [0.3, 0.4) is 0 Å². The van der Waals surface area contributed by atoms with E-state index in [-0.39, 0.29) is 24.1 Å². The Morgan fingerprint density at radius 1 is 0.625 bits per heavy atom. The Hall–Kier alpha value is -1.06. The molecule has 0 N–H and O–H groups in total. The van der Waals surface area contributed by atoms with E-state index in [1.54, 1.807) is 0 Å². The van der Waals surface area contributed by atoms with E-state index in [4.69, 9.17) is 9.47 Å². The highest BCUT2D eigenvalue weighted by Crippen LogP contribution is 2.99. The fourth-order valence-electron chi connectivity index (χ4n) is 12.0. The van der Waals surface area contributed by atoms with Crippen molar-refractivity contribution in [2.24, 2.45) is 70.0 Å². The summed E-state index contributed by atoms with van der Waals surface area (Å²) < 4.78 is 12.2. The molecule has 4 heteroatoms. The van der Waals surface area contributed by atoms with Gasteiger partial charge in [0, 0.05) is 11.8 Å². The van der Waals surface area contributed by atoms with Crippen molar-refractivity contribution in [2.45, 2.75) is 37.9 Å². The number of hydrogen-bond acceptors (Lipinski definition) is 4. The van der Waals surface area contributed by atoms with E-state index in [1.807, 2.05) is 0 Å². The average Bonchev–Trinajstić information content (AvgIpc) is 3.34. The van der Waals surface area contributed by atoms with Gasteiger partial charge < -0.3 is 9.47 Å². The molecule has 124 valence electrons. The first kappa shape index (κ1) is 11.5. The SMILES string of the molecule is O=C1O[C@@H]2CC[C@@H]3[C@@H]2[C@H]2[C@H]4[C@@H]5[C@@H]6[C@H]7[C@H]8CC[C@@H]7OC(=O)[C@]6([C@@H]34)[C@@]12[C@H]85. The van der Waals surface area contributed by atoms with Crippen molar-refractivity contribution in [3.05, 3.63) is 0 Å². The lowest BCUT2D eigenvalue weighted by atomic mass is 9.42. The Labute approximate surface area is 139 Å². The van der Waals surface area contributed by atoms with Crippen molar-refractivity contribution in [3.8, 4) is 0 Å². The number of carbonyl (C=O) groups is 2. The van der Waals surface area contributed by atoms with Crippen molar-refractivity contribution in [3.63, 3.8) is 0 Å². The molecule has 10 rings (SSSR count). The molecular weight excluding hydrogens is 304 g/mol. The third-order valence-corrected chi connectivity index (χ3v) is 11.3. The van der Waals surface area contributed by atoms with Gasteiger partial charge in [-0.3, -0.25) is 9.59 Å². The standard InChI is InChI=1S/C20H20O4/c21-17-19-13-5-1-3-7-9(5)15-11(13)12-14(20(15,19)18(22)23-7)6-2-4-8(24-17)10(6)16(12)19/h5-16H,1-4H2/t5-,6-,7-,8+,9+,10+,11+,12+,13+,14-,15+,16+,19-,20-/m1/s1. The number of ether oxygens (including phenoxy) is 2. The fraction of sp³-hybridized carbons (Fsp3) is 0.900. The van der Waals surface area contributed by atoms with E-state index in [0.29, 0.717) is 59.2 Å². The molecule has 8 bridgehead atoms. The molecule has 24 heavy (non-hydrogen) atoms. The maximum absolute atomic E-state index is 13.5. The fourth-order valence-corrected chi connectivity index (χ4v) is 12.0. The molecule has 0 aromatic heterocycles. The number of rotatable bonds is 0. The van der Waals surface area contributed by atoms with E-state index in [9.17, 15) is 9.59 Å². The van der Waals surface area contributed by atoms with E-state index in [0.717, 1.165) is 12.8 Å². The highest BCUT2D eigenvalue weighted by Gasteiger charge is 3.03. The summed E-state index contributed by atoms with van der Waals surface area (Å²) in [5, 5.41) is 0. The van der Waals surface area contributed by atoms with Crippen molar-refractivity contribution < 1.29 is 19.1 Å². The largest absolute Gasteiger partial charge is 0.462 e. The van der Waals surface area contributed by atoms with E-state index < -0.39 is 10.8 Å². The quantitative estimate of drug-likeness (QED) is 0.636. The van der Waals surface area contributed by atoms with Gasteiger partial charge in [-0.05, 0) is 73.0 Å². The molecule has 0 radical (unpaired) electrons. The van der Waals surface area contributed by atoms with Crippen LogP contribution in [0.2, 0.25) is 0 Å². The van der Waals surface area contributed by atoms with Crippen molar-refractivity contribution in [2.75, 3.05) is 0 Å². The molecule has 14 atom stereocenters. The molecule has 2 spiro atoms. The maximum atomic E-state index is 13.5. The summed E-state index contributed by atoms with van der Waals surface area (Å²) in [5.41, 5.74) is -0.902. The molecule has 0 aromatic rings. The smallest absolute Gasteiger partial charge is 0.314 e. The van der Waals surface area contributed by atoms with Crippen molar-refractivity contribution in [1.29, 1.82) is 0 Å². The first-order valence-electron chi connectivity index (χ1n) is 10.2. The maximum Gasteiger partial charge on any atom is 0.314 e. The minimum absolute atomic E-state index is 0.0392. The van der Waals surface area contributed by atoms with Crippen molar-refractivity contribution >= 4 is 11.9 Å². The first-order chi connectivity index (χ1) is 11.7. The van der Waals surface area contributed by atoms with Gasteiger partial charge in [0.05, 0.1) is 10.8 Å². The van der Waals surface area contributed by atoms with Crippen LogP contribution in [0.5, 0.6) is 0 Å². The Morgan fingerprint density at radius 2 is 1.08 bits per heavy atom. The first-order valence-corrected chi connectivity index (χ1v) is 10.2. The van der Waals surface area contributed by atoms with Crippen LogP contribution in [0.4, 0.5) is 0 Å². The lowest BCUT2D eigenvalue weighted by Crippen LogP contribution is -2.71. The van der Waals surface area contributed by atoms with Gasteiger partial charge in [0.1, 0.15) is 12.2 Å². The van der Waals surface area contributed by atoms with Gasteiger partial charge in [-0.15, -0.1) is 0 Å². The zero-order valence-electron chi connectivity index (χ0n) is 13.4. The van der Waals surface area contributed by atoms with E-state index in [2.05, 4.69) is 0 Å². The zero-order chi connectivity index (χ0) is 15.3. The highest BCUT2D eigenvalue weighted by atomic mass is 16.6. The predicted molar refractivity (Wildman–Crippen MR) is 78.0 cm³/mol. The second kappa shape index (κ2) is 2.77. The minimum Gasteiger partial charge on any atom is -0.462 e. The lowest BCUT2D eigenvalue weighted by Gasteiger charge is -2.62. The molecule has 10 aliphatic rings. The predicted octanol–water partition coefficient (Wildman–Crippen LogP) is 1.63. The van der Waals surface area contributed by atoms with Crippen molar-refractivity contribution in [1.82, 2.24) is 0 Å². The normalized spacial score (nSPS) is 78.5. The van der Waals surface area contributed by atoms with Crippen LogP contribution in [0, 0.1) is 70.0 Å². The van der Waals surface area contributed by atoms with Crippen LogP contribution in [-0.2, 0) is 19.1 Å². The van der Waals surface area contributed by atoms with E-state index >= 15 is 0 Å². The van der Waals surface area contributed by atoms with Crippen LogP contribution in [0.15, 0.2) is 0 Å². The Kier molecular flexibility index (Phi) is 1.33. The molecule has 2 aliphatic heterocycles. The lowest BCUT2D eigenvalue weighted by molar-refractivity contribution is -0.250. The van der Waals surface area contributed by atoms with Gasteiger partial charge in [0.2, 0.25) is 0 Å². The Bertz CT molecular complexity index is 723. The summed E-state index contributed by atoms with van der Waals surface area (Å²) in [6.07, 6.45) is 4.77. The summed E-state index contributed by atoms with van der Waals surface area (Å²) in [6, 6.07) is 0. The third-order valence-electron chi connectivity index (χ3n) is 11.3. The minimum atomic E-state index is -0.451. The highest BCUT2D eigenvalue weighted by molar-refractivity contribution is 5.96. The zero-order valence-corrected chi connectivity index (χ0v) is 13.4. The second-order valence-electron chi connectivity index (χ2n) is 10.5.